The number of pyridine rings is 1. The fraction of sp³-hybridized carbons (Fsp3) is 0.571. The molecule has 8 heteroatoms. The van der Waals surface area contributed by atoms with Crippen LogP contribution in [-0.2, 0) is 9.53 Å². The Morgan fingerprint density at radius 1 is 1.50 bits per heavy atom. The van der Waals surface area contributed by atoms with Crippen LogP contribution < -0.4 is 10.6 Å². The van der Waals surface area contributed by atoms with Crippen LogP contribution in [0.15, 0.2) is 18.3 Å². The summed E-state index contributed by atoms with van der Waals surface area (Å²) in [5.41, 5.74) is 0.675. The Morgan fingerprint density at radius 3 is 2.77 bits per heavy atom. The SMILES string of the molecule is CNCC(F)(F)CN(C=O)C(COC)c1ccnc(NC)c1. The number of carbonyl (C=O) groups excluding carboxylic acids is 1. The summed E-state index contributed by atoms with van der Waals surface area (Å²) in [6.07, 6.45) is 1.98. The molecule has 0 fully saturated rings. The van der Waals surface area contributed by atoms with Crippen molar-refractivity contribution in [3.05, 3.63) is 23.9 Å². The number of nitrogens with one attached hydrogen (secondary N) is 2. The number of amides is 1. The van der Waals surface area contributed by atoms with E-state index in [4.69, 9.17) is 4.74 Å². The molecule has 1 atom stereocenters. The van der Waals surface area contributed by atoms with E-state index in [9.17, 15) is 13.6 Å². The average molecular weight is 316 g/mol. The van der Waals surface area contributed by atoms with E-state index in [1.165, 1.54) is 14.2 Å². The van der Waals surface area contributed by atoms with Gasteiger partial charge in [0.05, 0.1) is 25.7 Å². The van der Waals surface area contributed by atoms with Gasteiger partial charge in [-0.05, 0) is 24.7 Å². The number of hydrogen-bond acceptors (Lipinski definition) is 5. The van der Waals surface area contributed by atoms with Gasteiger partial charge in [-0.2, -0.15) is 0 Å². The average Bonchev–Trinajstić information content (AvgIpc) is 2.50. The molecule has 1 aromatic rings. The third-order valence-electron chi connectivity index (χ3n) is 3.13. The predicted molar refractivity (Wildman–Crippen MR) is 80.0 cm³/mol. The Morgan fingerprint density at radius 2 is 2.23 bits per heavy atom. The fourth-order valence-corrected chi connectivity index (χ4v) is 2.13. The summed E-state index contributed by atoms with van der Waals surface area (Å²) in [5.74, 6) is -2.44. The number of alkyl halides is 2. The second-order valence-corrected chi connectivity index (χ2v) is 4.86. The molecular weight excluding hydrogens is 294 g/mol. The van der Waals surface area contributed by atoms with Gasteiger partial charge >= 0.3 is 0 Å². The number of aromatic nitrogens is 1. The predicted octanol–water partition coefficient (Wildman–Crippen LogP) is 1.12. The zero-order chi connectivity index (χ0) is 16.6. The van der Waals surface area contributed by atoms with E-state index in [0.717, 1.165) is 4.90 Å². The Hall–Kier alpha value is -1.80. The molecule has 0 aliphatic rings. The van der Waals surface area contributed by atoms with E-state index in [2.05, 4.69) is 15.6 Å². The smallest absolute Gasteiger partial charge is 0.277 e. The molecule has 124 valence electrons. The topological polar surface area (TPSA) is 66.5 Å². The monoisotopic (exact) mass is 316 g/mol. The molecule has 0 bridgehead atoms. The molecule has 0 aliphatic carbocycles. The van der Waals surface area contributed by atoms with Gasteiger partial charge in [0, 0.05) is 20.4 Å². The van der Waals surface area contributed by atoms with Crippen molar-refractivity contribution in [1.82, 2.24) is 15.2 Å². The molecule has 1 aromatic heterocycles. The molecule has 0 aromatic carbocycles. The fourth-order valence-electron chi connectivity index (χ4n) is 2.13. The molecule has 0 spiro atoms. The van der Waals surface area contributed by atoms with Crippen LogP contribution in [0.5, 0.6) is 0 Å². The summed E-state index contributed by atoms with van der Waals surface area (Å²) in [7, 11) is 4.60. The molecule has 22 heavy (non-hydrogen) atoms. The number of carbonyl (C=O) groups is 1. The van der Waals surface area contributed by atoms with Crippen molar-refractivity contribution in [3.8, 4) is 0 Å². The number of rotatable bonds is 10. The van der Waals surface area contributed by atoms with Gasteiger partial charge in [-0.25, -0.2) is 13.8 Å². The first kappa shape index (κ1) is 18.2. The highest BCUT2D eigenvalue weighted by Gasteiger charge is 2.33. The standard InChI is InChI=1S/C14H22F2N4O2/c1-17-8-14(15,16)9-20(10-21)12(7-22-3)11-4-5-19-13(6-11)18-2/h4-6,10,12,17H,7-9H2,1-3H3,(H,18,19). The normalized spacial score (nSPS) is 12.8. The molecule has 0 radical (unpaired) electrons. The number of hydrogen-bond donors (Lipinski definition) is 2. The Kier molecular flexibility index (Phi) is 7.13. The molecule has 1 amide bonds. The van der Waals surface area contributed by atoms with E-state index in [1.54, 1.807) is 25.4 Å². The maximum Gasteiger partial charge on any atom is 0.277 e. The van der Waals surface area contributed by atoms with Crippen LogP contribution in [0.4, 0.5) is 14.6 Å². The summed E-state index contributed by atoms with van der Waals surface area (Å²) >= 11 is 0. The van der Waals surface area contributed by atoms with Crippen molar-refractivity contribution in [1.29, 1.82) is 0 Å². The van der Waals surface area contributed by atoms with Gasteiger partial charge in [0.25, 0.3) is 5.92 Å². The minimum absolute atomic E-state index is 0.113. The van der Waals surface area contributed by atoms with Crippen molar-refractivity contribution in [3.63, 3.8) is 0 Å². The highest BCUT2D eigenvalue weighted by Crippen LogP contribution is 2.25. The van der Waals surface area contributed by atoms with E-state index < -0.39 is 25.1 Å². The highest BCUT2D eigenvalue weighted by atomic mass is 19.3. The van der Waals surface area contributed by atoms with Gasteiger partial charge in [0.15, 0.2) is 0 Å². The minimum atomic E-state index is -3.03. The third-order valence-corrected chi connectivity index (χ3v) is 3.13. The van der Waals surface area contributed by atoms with Gasteiger partial charge in [-0.1, -0.05) is 0 Å². The largest absolute Gasteiger partial charge is 0.382 e. The van der Waals surface area contributed by atoms with Crippen molar-refractivity contribution in [2.24, 2.45) is 0 Å². The molecule has 1 unspecified atom stereocenters. The Bertz CT molecular complexity index is 474. The lowest BCUT2D eigenvalue weighted by Gasteiger charge is -2.31. The van der Waals surface area contributed by atoms with Crippen LogP contribution in [0.1, 0.15) is 11.6 Å². The maximum atomic E-state index is 13.8. The van der Waals surface area contributed by atoms with Gasteiger partial charge in [0.2, 0.25) is 6.41 Å². The van der Waals surface area contributed by atoms with Crippen molar-refractivity contribution >= 4 is 12.2 Å². The highest BCUT2D eigenvalue weighted by molar-refractivity contribution is 5.50. The van der Waals surface area contributed by atoms with Gasteiger partial charge in [-0.3, -0.25) is 4.79 Å². The molecule has 6 nitrogen and oxygen atoms in total. The lowest BCUT2D eigenvalue weighted by atomic mass is 10.1. The first-order valence-electron chi connectivity index (χ1n) is 6.83. The van der Waals surface area contributed by atoms with Crippen molar-refractivity contribution in [2.75, 3.05) is 46.2 Å². The molecule has 1 rings (SSSR count). The summed E-state index contributed by atoms with van der Waals surface area (Å²) in [4.78, 5) is 16.4. The number of halogens is 2. The van der Waals surface area contributed by atoms with Gasteiger partial charge in [0.1, 0.15) is 5.82 Å². The first-order chi connectivity index (χ1) is 10.5. The zero-order valence-electron chi connectivity index (χ0n) is 13.0. The second kappa shape index (κ2) is 8.60. The minimum Gasteiger partial charge on any atom is -0.382 e. The van der Waals surface area contributed by atoms with Crippen LogP contribution in [0.3, 0.4) is 0 Å². The first-order valence-corrected chi connectivity index (χ1v) is 6.83. The molecule has 1 heterocycles. The van der Waals surface area contributed by atoms with Crippen molar-refractivity contribution < 1.29 is 18.3 Å². The quantitative estimate of drug-likeness (QED) is 0.633. The van der Waals surface area contributed by atoms with Crippen LogP contribution in [0.2, 0.25) is 0 Å². The summed E-state index contributed by atoms with van der Waals surface area (Å²) < 4.78 is 32.7. The van der Waals surface area contributed by atoms with Crippen LogP contribution in [-0.4, -0.2) is 63.1 Å². The summed E-state index contributed by atoms with van der Waals surface area (Å²) in [6.45, 7) is -1.08. The van der Waals surface area contributed by atoms with E-state index >= 15 is 0 Å². The van der Waals surface area contributed by atoms with E-state index in [1.807, 2.05) is 0 Å². The molecule has 0 aliphatic heterocycles. The van der Waals surface area contributed by atoms with Crippen LogP contribution in [0, 0.1) is 0 Å². The molecular formula is C14H22F2N4O2. The molecule has 0 saturated heterocycles. The third kappa shape index (κ3) is 5.19. The Labute approximate surface area is 128 Å². The van der Waals surface area contributed by atoms with Gasteiger partial charge in [-0.15, -0.1) is 0 Å². The van der Waals surface area contributed by atoms with E-state index in [0.29, 0.717) is 17.8 Å². The second-order valence-electron chi connectivity index (χ2n) is 4.86. The molecule has 0 saturated carbocycles. The van der Waals surface area contributed by atoms with Crippen LogP contribution >= 0.6 is 0 Å². The van der Waals surface area contributed by atoms with Crippen LogP contribution in [0.25, 0.3) is 0 Å². The van der Waals surface area contributed by atoms with E-state index in [-0.39, 0.29) is 6.61 Å². The number of anilines is 1. The van der Waals surface area contributed by atoms with Crippen molar-refractivity contribution in [2.45, 2.75) is 12.0 Å². The number of ether oxygens (including phenoxy) is 1. The summed E-state index contributed by atoms with van der Waals surface area (Å²) in [6, 6.07) is 2.77. The molecule has 2 N–H and O–H groups in total. The Balaban J connectivity index is 3.01. The number of nitrogens with zero attached hydrogens (tertiary/aromatic N) is 2. The van der Waals surface area contributed by atoms with Gasteiger partial charge < -0.3 is 20.3 Å². The lowest BCUT2D eigenvalue weighted by Crippen LogP contribution is -2.44. The number of methoxy groups -OCH3 is 1. The lowest BCUT2D eigenvalue weighted by molar-refractivity contribution is -0.128. The summed E-state index contributed by atoms with van der Waals surface area (Å²) in [5, 5.41) is 5.30. The zero-order valence-corrected chi connectivity index (χ0v) is 13.0. The maximum absolute atomic E-state index is 13.8.